The van der Waals surface area contributed by atoms with Gasteiger partial charge >= 0.3 is 5.97 Å². The first-order valence-corrected chi connectivity index (χ1v) is 8.99. The first kappa shape index (κ1) is 19.0. The van der Waals surface area contributed by atoms with Crippen LogP contribution >= 0.6 is 23.4 Å². The molecule has 0 saturated carbocycles. The second-order valence-electron chi connectivity index (χ2n) is 5.08. The van der Waals surface area contributed by atoms with E-state index < -0.39 is 0 Å². The molecule has 0 unspecified atom stereocenters. The van der Waals surface area contributed by atoms with E-state index in [1.54, 1.807) is 24.3 Å². The number of carbonyl (C=O) groups is 2. The van der Waals surface area contributed by atoms with Gasteiger partial charge in [0.2, 0.25) is 5.91 Å². The van der Waals surface area contributed by atoms with E-state index in [2.05, 4.69) is 10.5 Å². The Morgan fingerprint density at radius 2 is 1.84 bits per heavy atom. The lowest BCUT2D eigenvalue weighted by molar-refractivity contribution is -0.131. The Labute approximate surface area is 155 Å². The summed E-state index contributed by atoms with van der Waals surface area (Å²) >= 11 is 7.32. The highest BCUT2D eigenvalue weighted by atomic mass is 35.5. The van der Waals surface area contributed by atoms with Gasteiger partial charge in [-0.1, -0.05) is 23.7 Å². The third-order valence-corrected chi connectivity index (χ3v) is 4.22. The lowest BCUT2D eigenvalue weighted by Gasteiger charge is -2.02. The number of hydrogen-bond donors (Lipinski definition) is 1. The number of nitrogens with one attached hydrogen (secondary N) is 1. The molecule has 0 radical (unpaired) electrons. The Hall–Kier alpha value is -2.31. The van der Waals surface area contributed by atoms with Gasteiger partial charge in [-0.2, -0.15) is 5.10 Å². The van der Waals surface area contributed by atoms with E-state index in [0.29, 0.717) is 16.5 Å². The van der Waals surface area contributed by atoms with Crippen molar-refractivity contribution in [1.29, 1.82) is 0 Å². The molecule has 25 heavy (non-hydrogen) atoms. The Balaban J connectivity index is 1.71. The minimum absolute atomic E-state index is 0.174. The zero-order valence-corrected chi connectivity index (χ0v) is 15.1. The number of amides is 1. The summed E-state index contributed by atoms with van der Waals surface area (Å²) in [5.74, 6) is 0.959. The fraction of sp³-hybridized carbons (Fsp3) is 0.167. The topological polar surface area (TPSA) is 67.8 Å². The smallest absolute Gasteiger partial charge is 0.308 e. The van der Waals surface area contributed by atoms with Crippen LogP contribution in [0.1, 0.15) is 18.1 Å². The lowest BCUT2D eigenvalue weighted by Crippen LogP contribution is -2.19. The third kappa shape index (κ3) is 7.41. The first-order valence-electron chi connectivity index (χ1n) is 7.45. The fourth-order valence-corrected chi connectivity index (χ4v) is 2.75. The molecule has 0 atom stereocenters. The quantitative estimate of drug-likeness (QED) is 0.346. The molecule has 0 aliphatic rings. The van der Waals surface area contributed by atoms with E-state index in [1.165, 1.54) is 24.9 Å². The number of nitrogens with zero attached hydrogens (tertiary/aromatic N) is 1. The molecule has 0 aliphatic heterocycles. The lowest BCUT2D eigenvalue weighted by atomic mass is 10.2. The number of carbonyl (C=O) groups excluding carboxylic acids is 2. The highest BCUT2D eigenvalue weighted by Gasteiger charge is 2.01. The SMILES string of the molecule is CC(=O)Oc1ccc(/C=N/NC(=O)CSCc2ccc(Cl)cc2)cc1. The van der Waals surface area contributed by atoms with Crippen molar-refractivity contribution in [3.8, 4) is 5.75 Å². The number of benzene rings is 2. The van der Waals surface area contributed by atoms with Crippen LogP contribution in [0.15, 0.2) is 53.6 Å². The summed E-state index contributed by atoms with van der Waals surface area (Å²) < 4.78 is 4.94. The third-order valence-electron chi connectivity index (χ3n) is 2.96. The maximum Gasteiger partial charge on any atom is 0.308 e. The minimum Gasteiger partial charge on any atom is -0.427 e. The van der Waals surface area contributed by atoms with Crippen molar-refractivity contribution < 1.29 is 14.3 Å². The largest absolute Gasteiger partial charge is 0.427 e. The summed E-state index contributed by atoms with van der Waals surface area (Å²) in [5, 5.41) is 4.60. The molecule has 0 heterocycles. The molecule has 0 bridgehead atoms. The maximum absolute atomic E-state index is 11.7. The molecular formula is C18H17ClN2O3S. The average molecular weight is 377 g/mol. The van der Waals surface area contributed by atoms with Crippen LogP contribution in [0.5, 0.6) is 5.75 Å². The van der Waals surface area contributed by atoms with Crippen LogP contribution < -0.4 is 10.2 Å². The molecule has 130 valence electrons. The van der Waals surface area contributed by atoms with Gasteiger partial charge in [-0.3, -0.25) is 9.59 Å². The standard InChI is InChI=1S/C18H17ClN2O3S/c1-13(22)24-17-8-4-14(5-9-17)10-20-21-18(23)12-25-11-15-2-6-16(19)7-3-15/h2-10H,11-12H2,1H3,(H,21,23)/b20-10+. The Morgan fingerprint density at radius 1 is 1.16 bits per heavy atom. The monoisotopic (exact) mass is 376 g/mol. The van der Waals surface area contributed by atoms with Gasteiger partial charge in [0.25, 0.3) is 0 Å². The molecule has 0 spiro atoms. The van der Waals surface area contributed by atoms with Crippen molar-refractivity contribution in [1.82, 2.24) is 5.43 Å². The molecule has 0 aromatic heterocycles. The number of hydrogen-bond acceptors (Lipinski definition) is 5. The Bertz CT molecular complexity index is 746. The van der Waals surface area contributed by atoms with E-state index in [-0.39, 0.29) is 11.9 Å². The predicted octanol–water partition coefficient (Wildman–Crippen LogP) is 3.65. The van der Waals surface area contributed by atoms with Gasteiger partial charge in [0, 0.05) is 17.7 Å². The number of thioether (sulfide) groups is 1. The van der Waals surface area contributed by atoms with Crippen molar-refractivity contribution in [3.05, 3.63) is 64.7 Å². The van der Waals surface area contributed by atoms with Crippen LogP contribution in [0.4, 0.5) is 0 Å². The van der Waals surface area contributed by atoms with E-state index in [1.807, 2.05) is 24.3 Å². The van der Waals surface area contributed by atoms with Crippen molar-refractivity contribution in [2.45, 2.75) is 12.7 Å². The van der Waals surface area contributed by atoms with Crippen LogP contribution in [0, 0.1) is 0 Å². The number of hydrazone groups is 1. The molecule has 5 nitrogen and oxygen atoms in total. The molecule has 2 aromatic rings. The van der Waals surface area contributed by atoms with Crippen LogP contribution in [-0.2, 0) is 15.3 Å². The van der Waals surface area contributed by atoms with Crippen molar-refractivity contribution in [2.24, 2.45) is 5.10 Å². The summed E-state index contributed by atoms with van der Waals surface area (Å²) in [5.41, 5.74) is 4.37. The minimum atomic E-state index is -0.371. The highest BCUT2D eigenvalue weighted by molar-refractivity contribution is 7.99. The van der Waals surface area contributed by atoms with E-state index in [9.17, 15) is 9.59 Å². The summed E-state index contributed by atoms with van der Waals surface area (Å²) in [6.45, 7) is 1.34. The summed E-state index contributed by atoms with van der Waals surface area (Å²) in [4.78, 5) is 22.6. The number of halogens is 1. The second kappa shape index (κ2) is 9.86. The van der Waals surface area contributed by atoms with Crippen LogP contribution in [0.3, 0.4) is 0 Å². The molecule has 0 aliphatic carbocycles. The molecule has 0 saturated heterocycles. The van der Waals surface area contributed by atoms with Crippen LogP contribution in [0.25, 0.3) is 0 Å². The fourth-order valence-electron chi connectivity index (χ4n) is 1.84. The van der Waals surface area contributed by atoms with E-state index in [0.717, 1.165) is 16.9 Å². The van der Waals surface area contributed by atoms with Gasteiger partial charge in [-0.05, 0) is 47.5 Å². The van der Waals surface area contributed by atoms with Gasteiger partial charge in [0.1, 0.15) is 5.75 Å². The molecule has 1 amide bonds. The summed E-state index contributed by atoms with van der Waals surface area (Å²) in [6.07, 6.45) is 1.53. The molecule has 1 N–H and O–H groups in total. The maximum atomic E-state index is 11.7. The summed E-state index contributed by atoms with van der Waals surface area (Å²) in [7, 11) is 0. The van der Waals surface area contributed by atoms with E-state index >= 15 is 0 Å². The van der Waals surface area contributed by atoms with Gasteiger partial charge in [-0.25, -0.2) is 5.43 Å². The average Bonchev–Trinajstić information content (AvgIpc) is 2.58. The van der Waals surface area contributed by atoms with Crippen molar-refractivity contribution in [3.63, 3.8) is 0 Å². The molecule has 7 heteroatoms. The molecule has 0 fully saturated rings. The second-order valence-corrected chi connectivity index (χ2v) is 6.50. The van der Waals surface area contributed by atoms with Crippen LogP contribution in [0.2, 0.25) is 5.02 Å². The van der Waals surface area contributed by atoms with E-state index in [4.69, 9.17) is 16.3 Å². The zero-order valence-electron chi connectivity index (χ0n) is 13.6. The normalized spacial score (nSPS) is 10.6. The van der Waals surface area contributed by atoms with Gasteiger partial charge < -0.3 is 4.74 Å². The first-order chi connectivity index (χ1) is 12.0. The Morgan fingerprint density at radius 3 is 2.48 bits per heavy atom. The predicted molar refractivity (Wildman–Crippen MR) is 101 cm³/mol. The number of ether oxygens (including phenoxy) is 1. The van der Waals surface area contributed by atoms with Gasteiger partial charge in [-0.15, -0.1) is 11.8 Å². The number of rotatable bonds is 7. The van der Waals surface area contributed by atoms with Gasteiger partial charge in [0.05, 0.1) is 12.0 Å². The molecule has 2 rings (SSSR count). The molecular weight excluding hydrogens is 360 g/mol. The highest BCUT2D eigenvalue weighted by Crippen LogP contribution is 2.15. The van der Waals surface area contributed by atoms with Crippen molar-refractivity contribution >= 4 is 41.5 Å². The zero-order chi connectivity index (χ0) is 18.1. The number of esters is 1. The molecule has 2 aromatic carbocycles. The Kier molecular flexibility index (Phi) is 7.50. The van der Waals surface area contributed by atoms with Crippen molar-refractivity contribution in [2.75, 3.05) is 5.75 Å². The van der Waals surface area contributed by atoms with Crippen LogP contribution in [-0.4, -0.2) is 23.8 Å². The summed E-state index contributed by atoms with van der Waals surface area (Å²) in [6, 6.07) is 14.3. The van der Waals surface area contributed by atoms with Gasteiger partial charge in [0.15, 0.2) is 0 Å².